The highest BCUT2D eigenvalue weighted by Crippen LogP contribution is 2.61. The maximum Gasteiger partial charge on any atom is 0.00408 e. The molecule has 3 aliphatic rings. The van der Waals surface area contributed by atoms with E-state index in [0.29, 0.717) is 0 Å². The van der Waals surface area contributed by atoms with Crippen LogP contribution in [0.25, 0.3) is 0 Å². The van der Waals surface area contributed by atoms with Gasteiger partial charge < -0.3 is 10.2 Å². The fraction of sp³-hybridized carbons (Fsp3) is 1.00. The second kappa shape index (κ2) is 4.30. The van der Waals surface area contributed by atoms with E-state index in [0.717, 1.165) is 17.3 Å². The van der Waals surface area contributed by atoms with Crippen molar-refractivity contribution in [1.29, 1.82) is 0 Å². The molecule has 0 bridgehead atoms. The first-order valence-electron chi connectivity index (χ1n) is 7.22. The topological polar surface area (TPSA) is 15.3 Å². The number of rotatable bonds is 3. The van der Waals surface area contributed by atoms with Gasteiger partial charge in [-0.25, -0.2) is 0 Å². The summed E-state index contributed by atoms with van der Waals surface area (Å²) in [4.78, 5) is 2.77. The molecule has 1 atom stereocenters. The Morgan fingerprint density at radius 2 is 2.12 bits per heavy atom. The molecule has 1 heterocycles. The Morgan fingerprint density at radius 1 is 1.31 bits per heavy atom. The Bertz CT molecular complexity index is 243. The summed E-state index contributed by atoms with van der Waals surface area (Å²) in [5, 5.41) is 3.54. The maximum atomic E-state index is 3.54. The molecule has 0 aromatic heterocycles. The first kappa shape index (κ1) is 11.0. The van der Waals surface area contributed by atoms with E-state index in [4.69, 9.17) is 0 Å². The van der Waals surface area contributed by atoms with E-state index in [1.54, 1.807) is 0 Å². The van der Waals surface area contributed by atoms with Crippen LogP contribution in [0, 0.1) is 17.3 Å². The summed E-state index contributed by atoms with van der Waals surface area (Å²) in [5.41, 5.74) is 0.798. The van der Waals surface area contributed by atoms with Crippen molar-refractivity contribution in [2.45, 2.75) is 39.0 Å². The molecule has 2 heteroatoms. The van der Waals surface area contributed by atoms with Crippen LogP contribution in [0.5, 0.6) is 0 Å². The van der Waals surface area contributed by atoms with Gasteiger partial charge in [-0.1, -0.05) is 6.92 Å². The first-order chi connectivity index (χ1) is 7.78. The lowest BCUT2D eigenvalue weighted by molar-refractivity contribution is 0.168. The van der Waals surface area contributed by atoms with Gasteiger partial charge in [-0.3, -0.25) is 0 Å². The number of hydrogen-bond donors (Lipinski definition) is 1. The van der Waals surface area contributed by atoms with Crippen LogP contribution in [0.2, 0.25) is 0 Å². The summed E-state index contributed by atoms with van der Waals surface area (Å²) in [6.45, 7) is 8.89. The van der Waals surface area contributed by atoms with Gasteiger partial charge in [-0.2, -0.15) is 0 Å². The lowest BCUT2D eigenvalue weighted by Gasteiger charge is -2.32. The Labute approximate surface area is 99.8 Å². The quantitative estimate of drug-likeness (QED) is 0.787. The van der Waals surface area contributed by atoms with Gasteiger partial charge in [0.1, 0.15) is 0 Å². The minimum Gasteiger partial charge on any atom is -0.316 e. The lowest BCUT2D eigenvalue weighted by Crippen LogP contribution is -2.41. The van der Waals surface area contributed by atoms with Crippen molar-refractivity contribution in [3.63, 3.8) is 0 Å². The van der Waals surface area contributed by atoms with E-state index >= 15 is 0 Å². The van der Waals surface area contributed by atoms with E-state index in [2.05, 4.69) is 17.1 Å². The smallest absolute Gasteiger partial charge is 0.00408 e. The molecule has 0 radical (unpaired) electrons. The molecule has 2 aliphatic carbocycles. The van der Waals surface area contributed by atoms with Crippen LogP contribution in [0.1, 0.15) is 39.0 Å². The second-order valence-electron chi connectivity index (χ2n) is 6.53. The molecule has 0 spiro atoms. The maximum absolute atomic E-state index is 3.54. The molecule has 2 nitrogen and oxygen atoms in total. The Hall–Kier alpha value is -0.0800. The van der Waals surface area contributed by atoms with Gasteiger partial charge >= 0.3 is 0 Å². The molecule has 0 amide bonds. The van der Waals surface area contributed by atoms with E-state index < -0.39 is 0 Å². The zero-order valence-electron chi connectivity index (χ0n) is 10.7. The number of hydrogen-bond acceptors (Lipinski definition) is 2. The molecular weight excluding hydrogens is 196 g/mol. The molecular formula is C14H26N2. The highest BCUT2D eigenvalue weighted by atomic mass is 15.1. The highest BCUT2D eigenvalue weighted by Gasteiger charge is 2.54. The molecule has 1 aliphatic heterocycles. The minimum atomic E-state index is 0.798. The molecule has 1 unspecified atom stereocenters. The van der Waals surface area contributed by atoms with Crippen molar-refractivity contribution in [2.75, 3.05) is 32.7 Å². The molecule has 3 fully saturated rings. The normalized spacial score (nSPS) is 35.4. The third-order valence-corrected chi connectivity index (χ3v) is 4.76. The Balaban J connectivity index is 1.55. The minimum absolute atomic E-state index is 0.798. The van der Waals surface area contributed by atoms with Crippen LogP contribution in [0.4, 0.5) is 0 Å². The fourth-order valence-electron chi connectivity index (χ4n) is 3.51. The van der Waals surface area contributed by atoms with Gasteiger partial charge in [0, 0.05) is 13.1 Å². The molecule has 0 aromatic carbocycles. The SMILES string of the molecule is CC1CNCCCN(CC2(C3CC3)CC2)C1. The van der Waals surface area contributed by atoms with E-state index in [1.165, 1.54) is 64.8 Å². The number of nitrogens with one attached hydrogen (secondary N) is 1. The predicted octanol–water partition coefficient (Wildman–Crippen LogP) is 2.11. The highest BCUT2D eigenvalue weighted by molar-refractivity contribution is 5.05. The Kier molecular flexibility index (Phi) is 2.97. The van der Waals surface area contributed by atoms with Crippen LogP contribution in [-0.2, 0) is 0 Å². The summed E-state index contributed by atoms with van der Waals surface area (Å²) in [6, 6.07) is 0. The lowest BCUT2D eigenvalue weighted by atomic mass is 9.98. The fourth-order valence-corrected chi connectivity index (χ4v) is 3.51. The van der Waals surface area contributed by atoms with E-state index in [-0.39, 0.29) is 0 Å². The standard InChI is InChI=1S/C14H26N2/c1-12-9-15-7-2-8-16(10-12)11-14(5-6-14)13-3-4-13/h12-13,15H,2-11H2,1H3. The van der Waals surface area contributed by atoms with Gasteiger partial charge in [0.05, 0.1) is 0 Å². The molecule has 92 valence electrons. The van der Waals surface area contributed by atoms with E-state index in [1.807, 2.05) is 0 Å². The zero-order valence-corrected chi connectivity index (χ0v) is 10.7. The molecule has 1 saturated heterocycles. The van der Waals surface area contributed by atoms with E-state index in [9.17, 15) is 0 Å². The van der Waals surface area contributed by atoms with Crippen LogP contribution < -0.4 is 5.32 Å². The third-order valence-electron chi connectivity index (χ3n) is 4.76. The first-order valence-corrected chi connectivity index (χ1v) is 7.22. The van der Waals surface area contributed by atoms with Crippen molar-refractivity contribution in [3.05, 3.63) is 0 Å². The molecule has 2 saturated carbocycles. The van der Waals surface area contributed by atoms with Crippen molar-refractivity contribution in [3.8, 4) is 0 Å². The van der Waals surface area contributed by atoms with Crippen LogP contribution in [0.15, 0.2) is 0 Å². The second-order valence-corrected chi connectivity index (χ2v) is 6.53. The molecule has 3 rings (SSSR count). The molecule has 0 aromatic rings. The summed E-state index contributed by atoms with van der Waals surface area (Å²) in [5.74, 6) is 1.95. The third kappa shape index (κ3) is 2.43. The largest absolute Gasteiger partial charge is 0.316 e. The summed E-state index contributed by atoms with van der Waals surface area (Å²) in [6.07, 6.45) is 7.46. The monoisotopic (exact) mass is 222 g/mol. The van der Waals surface area contributed by atoms with Crippen LogP contribution >= 0.6 is 0 Å². The van der Waals surface area contributed by atoms with Gasteiger partial charge in [0.2, 0.25) is 0 Å². The Morgan fingerprint density at radius 3 is 2.81 bits per heavy atom. The van der Waals surface area contributed by atoms with Crippen LogP contribution in [0.3, 0.4) is 0 Å². The average molecular weight is 222 g/mol. The summed E-state index contributed by atoms with van der Waals surface area (Å²) < 4.78 is 0. The summed E-state index contributed by atoms with van der Waals surface area (Å²) in [7, 11) is 0. The average Bonchev–Trinajstić information content (AvgIpc) is 3.06. The van der Waals surface area contributed by atoms with Crippen LogP contribution in [-0.4, -0.2) is 37.6 Å². The van der Waals surface area contributed by atoms with Crippen molar-refractivity contribution in [1.82, 2.24) is 10.2 Å². The van der Waals surface area contributed by atoms with Gasteiger partial charge in [0.15, 0.2) is 0 Å². The van der Waals surface area contributed by atoms with Crippen molar-refractivity contribution < 1.29 is 0 Å². The number of nitrogens with zero attached hydrogens (tertiary/aromatic N) is 1. The van der Waals surface area contributed by atoms with Crippen molar-refractivity contribution >= 4 is 0 Å². The van der Waals surface area contributed by atoms with Crippen molar-refractivity contribution in [2.24, 2.45) is 17.3 Å². The van der Waals surface area contributed by atoms with Gasteiger partial charge in [-0.05, 0) is 69.0 Å². The molecule has 16 heavy (non-hydrogen) atoms. The van der Waals surface area contributed by atoms with Gasteiger partial charge in [0.25, 0.3) is 0 Å². The zero-order chi connectivity index (χ0) is 11.0. The molecule has 1 N–H and O–H groups in total. The predicted molar refractivity (Wildman–Crippen MR) is 67.5 cm³/mol. The summed E-state index contributed by atoms with van der Waals surface area (Å²) >= 11 is 0. The van der Waals surface area contributed by atoms with Gasteiger partial charge in [-0.15, -0.1) is 0 Å².